The van der Waals surface area contributed by atoms with Crippen LogP contribution in [0.2, 0.25) is 0 Å². The summed E-state index contributed by atoms with van der Waals surface area (Å²) in [6.45, 7) is 0. The summed E-state index contributed by atoms with van der Waals surface area (Å²) in [5, 5.41) is 3.54. The second-order valence-electron chi connectivity index (χ2n) is 4.38. The molecule has 0 amide bonds. The molecule has 1 heterocycles. The van der Waals surface area contributed by atoms with E-state index in [1.54, 1.807) is 0 Å². The first-order valence-electron chi connectivity index (χ1n) is 5.20. The smallest absolute Gasteiger partial charge is 0.0540 e. The molecule has 74 valence electrons. The van der Waals surface area contributed by atoms with Crippen molar-refractivity contribution in [3.05, 3.63) is 22.9 Å². The minimum atomic E-state index is 0.721. The van der Waals surface area contributed by atoms with Gasteiger partial charge in [0.2, 0.25) is 0 Å². The highest BCUT2D eigenvalue weighted by molar-refractivity contribution is 9.10. The maximum Gasteiger partial charge on any atom is 0.0540 e. The van der Waals surface area contributed by atoms with E-state index >= 15 is 0 Å². The molecule has 2 atom stereocenters. The van der Waals surface area contributed by atoms with Crippen LogP contribution in [-0.4, -0.2) is 11.0 Å². The van der Waals surface area contributed by atoms with Crippen molar-refractivity contribution in [2.75, 3.05) is 5.32 Å². The van der Waals surface area contributed by atoms with Crippen LogP contribution in [0, 0.1) is 11.8 Å². The summed E-state index contributed by atoms with van der Waals surface area (Å²) in [5.74, 6) is 1.99. The number of halogens is 1. The Bertz CT molecular complexity index is 349. The van der Waals surface area contributed by atoms with Gasteiger partial charge in [-0.15, -0.1) is 0 Å². The average molecular weight is 253 g/mol. The number of nitrogens with zero attached hydrogens (tertiary/aromatic N) is 1. The van der Waals surface area contributed by atoms with Gasteiger partial charge in [0, 0.05) is 16.7 Å². The van der Waals surface area contributed by atoms with Crippen LogP contribution in [0.5, 0.6) is 0 Å². The minimum Gasteiger partial charge on any atom is -0.381 e. The quantitative estimate of drug-likeness (QED) is 0.895. The molecule has 2 fully saturated rings. The molecule has 0 aliphatic heterocycles. The highest BCUT2D eigenvalue weighted by Gasteiger charge is 2.47. The molecule has 2 aliphatic rings. The minimum absolute atomic E-state index is 0.721. The molecule has 0 bridgehead atoms. The molecule has 2 unspecified atom stereocenters. The predicted molar refractivity (Wildman–Crippen MR) is 60.2 cm³/mol. The highest BCUT2D eigenvalue weighted by atomic mass is 79.9. The van der Waals surface area contributed by atoms with Crippen molar-refractivity contribution in [2.24, 2.45) is 11.8 Å². The van der Waals surface area contributed by atoms with Crippen LogP contribution in [0.25, 0.3) is 0 Å². The molecular weight excluding hydrogens is 240 g/mol. The van der Waals surface area contributed by atoms with Crippen molar-refractivity contribution in [3.8, 4) is 0 Å². The number of pyridine rings is 1. The summed E-state index contributed by atoms with van der Waals surface area (Å²) in [7, 11) is 0. The highest BCUT2D eigenvalue weighted by Crippen LogP contribution is 2.51. The standard InChI is InChI=1S/C11H13BrN2/c12-8-3-9(6-13-5-8)14-11-4-10(11)7-1-2-7/h3,5-7,10-11,14H,1-2,4H2. The van der Waals surface area contributed by atoms with Gasteiger partial charge in [0.05, 0.1) is 11.9 Å². The number of anilines is 1. The molecule has 3 heteroatoms. The number of nitrogens with one attached hydrogen (secondary N) is 1. The van der Waals surface area contributed by atoms with Crippen molar-refractivity contribution in [2.45, 2.75) is 25.3 Å². The van der Waals surface area contributed by atoms with E-state index in [0.717, 1.165) is 28.0 Å². The van der Waals surface area contributed by atoms with Crippen LogP contribution in [0.1, 0.15) is 19.3 Å². The summed E-state index contributed by atoms with van der Waals surface area (Å²) < 4.78 is 1.05. The molecule has 2 saturated carbocycles. The van der Waals surface area contributed by atoms with Gasteiger partial charge < -0.3 is 5.32 Å². The van der Waals surface area contributed by atoms with Crippen LogP contribution in [0.3, 0.4) is 0 Å². The van der Waals surface area contributed by atoms with E-state index < -0.39 is 0 Å². The monoisotopic (exact) mass is 252 g/mol. The SMILES string of the molecule is Brc1cncc(NC2CC2C2CC2)c1. The largest absolute Gasteiger partial charge is 0.381 e. The van der Waals surface area contributed by atoms with Crippen molar-refractivity contribution in [1.82, 2.24) is 4.98 Å². The lowest BCUT2D eigenvalue weighted by atomic mass is 10.2. The summed E-state index contributed by atoms with van der Waals surface area (Å²) in [6.07, 6.45) is 7.99. The summed E-state index contributed by atoms with van der Waals surface area (Å²) in [5.41, 5.74) is 1.15. The van der Waals surface area contributed by atoms with Crippen molar-refractivity contribution >= 4 is 21.6 Å². The zero-order valence-corrected chi connectivity index (χ0v) is 9.50. The Morgan fingerprint density at radius 2 is 2.21 bits per heavy atom. The Labute approximate surface area is 92.2 Å². The Kier molecular flexibility index (Phi) is 2.01. The van der Waals surface area contributed by atoms with Crippen LogP contribution in [0.15, 0.2) is 22.9 Å². The Morgan fingerprint density at radius 3 is 2.93 bits per heavy atom. The van der Waals surface area contributed by atoms with Gasteiger partial charge in [0.15, 0.2) is 0 Å². The molecular formula is C11H13BrN2. The first kappa shape index (κ1) is 8.72. The van der Waals surface area contributed by atoms with Gasteiger partial charge in [-0.3, -0.25) is 4.98 Å². The van der Waals surface area contributed by atoms with Gasteiger partial charge >= 0.3 is 0 Å². The molecule has 0 radical (unpaired) electrons. The lowest BCUT2D eigenvalue weighted by molar-refractivity contribution is 0.697. The lowest BCUT2D eigenvalue weighted by Gasteiger charge is -2.04. The molecule has 0 aromatic carbocycles. The maximum atomic E-state index is 4.14. The fourth-order valence-corrected chi connectivity index (χ4v) is 2.50. The zero-order chi connectivity index (χ0) is 9.54. The van der Waals surface area contributed by atoms with Crippen molar-refractivity contribution in [1.29, 1.82) is 0 Å². The number of rotatable bonds is 3. The molecule has 2 aliphatic carbocycles. The lowest BCUT2D eigenvalue weighted by Crippen LogP contribution is -2.05. The van der Waals surface area contributed by atoms with Gasteiger partial charge in [-0.2, -0.15) is 0 Å². The fourth-order valence-electron chi connectivity index (χ4n) is 2.13. The van der Waals surface area contributed by atoms with Crippen molar-refractivity contribution < 1.29 is 0 Å². The van der Waals surface area contributed by atoms with E-state index in [0.29, 0.717) is 0 Å². The Morgan fingerprint density at radius 1 is 1.36 bits per heavy atom. The first-order valence-corrected chi connectivity index (χ1v) is 5.99. The third-order valence-electron chi connectivity index (χ3n) is 3.12. The van der Waals surface area contributed by atoms with Gasteiger partial charge in [-0.05, 0) is 53.1 Å². The number of hydrogen-bond acceptors (Lipinski definition) is 2. The first-order chi connectivity index (χ1) is 6.83. The van der Waals surface area contributed by atoms with Crippen LogP contribution < -0.4 is 5.32 Å². The molecule has 3 rings (SSSR count). The molecule has 1 N–H and O–H groups in total. The Balaban J connectivity index is 1.62. The second-order valence-corrected chi connectivity index (χ2v) is 5.30. The predicted octanol–water partition coefficient (Wildman–Crippen LogP) is 3.05. The summed E-state index contributed by atoms with van der Waals surface area (Å²) in [4.78, 5) is 4.14. The summed E-state index contributed by atoms with van der Waals surface area (Å²) in [6, 6.07) is 2.81. The molecule has 1 aromatic rings. The average Bonchev–Trinajstić information content (AvgIpc) is 2.96. The van der Waals surface area contributed by atoms with E-state index in [1.807, 2.05) is 12.4 Å². The third-order valence-corrected chi connectivity index (χ3v) is 3.56. The van der Waals surface area contributed by atoms with Gasteiger partial charge in [0.25, 0.3) is 0 Å². The number of aromatic nitrogens is 1. The van der Waals surface area contributed by atoms with Crippen LogP contribution in [0.4, 0.5) is 5.69 Å². The maximum absolute atomic E-state index is 4.14. The molecule has 1 aromatic heterocycles. The third kappa shape index (κ3) is 1.78. The normalized spacial score (nSPS) is 30.1. The molecule has 0 saturated heterocycles. The van der Waals surface area contributed by atoms with Crippen molar-refractivity contribution in [3.63, 3.8) is 0 Å². The van der Waals surface area contributed by atoms with E-state index in [9.17, 15) is 0 Å². The molecule has 2 nitrogen and oxygen atoms in total. The topological polar surface area (TPSA) is 24.9 Å². The fraction of sp³-hybridized carbons (Fsp3) is 0.545. The van der Waals surface area contributed by atoms with E-state index in [4.69, 9.17) is 0 Å². The Hall–Kier alpha value is -0.570. The second kappa shape index (κ2) is 3.23. The summed E-state index contributed by atoms with van der Waals surface area (Å²) >= 11 is 3.43. The van der Waals surface area contributed by atoms with E-state index in [1.165, 1.54) is 19.3 Å². The van der Waals surface area contributed by atoms with Gasteiger partial charge in [-0.25, -0.2) is 0 Å². The van der Waals surface area contributed by atoms with Gasteiger partial charge in [0.1, 0.15) is 0 Å². The van der Waals surface area contributed by atoms with E-state index in [2.05, 4.69) is 32.3 Å². The van der Waals surface area contributed by atoms with Crippen LogP contribution >= 0.6 is 15.9 Å². The number of hydrogen-bond donors (Lipinski definition) is 1. The zero-order valence-electron chi connectivity index (χ0n) is 7.91. The molecule has 0 spiro atoms. The molecule has 14 heavy (non-hydrogen) atoms. The van der Waals surface area contributed by atoms with Gasteiger partial charge in [-0.1, -0.05) is 0 Å². The van der Waals surface area contributed by atoms with E-state index in [-0.39, 0.29) is 0 Å². The van der Waals surface area contributed by atoms with Crippen LogP contribution in [-0.2, 0) is 0 Å².